The van der Waals surface area contributed by atoms with Crippen molar-refractivity contribution in [2.45, 2.75) is 6.92 Å². The highest BCUT2D eigenvalue weighted by molar-refractivity contribution is 6.04. The van der Waals surface area contributed by atoms with Crippen LogP contribution >= 0.6 is 0 Å². The van der Waals surface area contributed by atoms with Gasteiger partial charge >= 0.3 is 5.97 Å². The van der Waals surface area contributed by atoms with E-state index in [0.717, 1.165) is 0 Å². The molecule has 0 saturated heterocycles. The van der Waals surface area contributed by atoms with Crippen molar-refractivity contribution in [3.63, 3.8) is 0 Å². The summed E-state index contributed by atoms with van der Waals surface area (Å²) in [5.41, 5.74) is 1.72. The van der Waals surface area contributed by atoms with Crippen molar-refractivity contribution < 1.29 is 28.6 Å². The van der Waals surface area contributed by atoms with Crippen molar-refractivity contribution in [1.82, 2.24) is 15.1 Å². The number of methoxy groups -OCH3 is 1. The maximum atomic E-state index is 12.8. The van der Waals surface area contributed by atoms with Crippen molar-refractivity contribution in [3.8, 4) is 17.2 Å². The summed E-state index contributed by atoms with van der Waals surface area (Å²) in [7, 11) is 2.96. The van der Waals surface area contributed by atoms with Gasteiger partial charge in [-0.25, -0.2) is 9.48 Å². The van der Waals surface area contributed by atoms with E-state index in [4.69, 9.17) is 14.2 Å². The summed E-state index contributed by atoms with van der Waals surface area (Å²) in [5.74, 6) is -0.488. The maximum absolute atomic E-state index is 12.8. The van der Waals surface area contributed by atoms with Crippen LogP contribution in [-0.4, -0.2) is 54.9 Å². The lowest BCUT2D eigenvalue weighted by Gasteiger charge is -2.12. The smallest absolute Gasteiger partial charge is 0.358 e. The molecule has 2 aromatic carbocycles. The number of esters is 1. The quantitative estimate of drug-likeness (QED) is 0.478. The van der Waals surface area contributed by atoms with Crippen molar-refractivity contribution in [1.29, 1.82) is 0 Å². The van der Waals surface area contributed by atoms with E-state index < -0.39 is 5.97 Å². The van der Waals surface area contributed by atoms with E-state index in [0.29, 0.717) is 28.4 Å². The fourth-order valence-corrected chi connectivity index (χ4v) is 2.85. The molecule has 0 saturated carbocycles. The van der Waals surface area contributed by atoms with E-state index in [1.165, 1.54) is 24.9 Å². The number of likely N-dealkylation sites (N-methyl/N-ethyl adjacent to an activating group) is 1. The highest BCUT2D eigenvalue weighted by Gasteiger charge is 2.14. The Morgan fingerprint density at radius 3 is 2.61 bits per heavy atom. The Hall–Kier alpha value is -4.34. The van der Waals surface area contributed by atoms with Crippen LogP contribution in [0.5, 0.6) is 11.5 Å². The van der Waals surface area contributed by atoms with E-state index in [1.807, 2.05) is 0 Å². The summed E-state index contributed by atoms with van der Waals surface area (Å²) < 4.78 is 17.2. The third kappa shape index (κ3) is 5.88. The molecule has 1 heterocycles. The third-order valence-corrected chi connectivity index (χ3v) is 4.51. The largest absolute Gasteiger partial charge is 0.493 e. The van der Waals surface area contributed by atoms with Crippen LogP contribution in [0.2, 0.25) is 0 Å². The van der Waals surface area contributed by atoms with Gasteiger partial charge in [0.2, 0.25) is 0 Å². The minimum atomic E-state index is -0.502. The van der Waals surface area contributed by atoms with Crippen LogP contribution < -0.4 is 20.1 Å². The fraction of sp³-hybridized carbons (Fsp3) is 0.217. The van der Waals surface area contributed by atoms with Gasteiger partial charge in [0.25, 0.3) is 11.8 Å². The Balaban J connectivity index is 1.73. The number of nitrogens with zero attached hydrogens (tertiary/aromatic N) is 2. The average Bonchev–Trinajstić information content (AvgIpc) is 3.33. The summed E-state index contributed by atoms with van der Waals surface area (Å²) in [4.78, 5) is 36.0. The van der Waals surface area contributed by atoms with Gasteiger partial charge in [-0.05, 0) is 49.4 Å². The van der Waals surface area contributed by atoms with Crippen molar-refractivity contribution >= 4 is 23.5 Å². The molecule has 10 heteroatoms. The molecule has 0 radical (unpaired) electrons. The monoisotopic (exact) mass is 452 g/mol. The summed E-state index contributed by atoms with van der Waals surface area (Å²) in [6, 6.07) is 13.2. The van der Waals surface area contributed by atoms with E-state index in [9.17, 15) is 14.4 Å². The van der Waals surface area contributed by atoms with Gasteiger partial charge in [0, 0.05) is 24.5 Å². The lowest BCUT2D eigenvalue weighted by molar-refractivity contribution is -0.122. The highest BCUT2D eigenvalue weighted by atomic mass is 16.5. The zero-order valence-corrected chi connectivity index (χ0v) is 18.5. The van der Waals surface area contributed by atoms with E-state index >= 15 is 0 Å². The van der Waals surface area contributed by atoms with Crippen LogP contribution in [0.4, 0.5) is 5.69 Å². The Kier molecular flexibility index (Phi) is 7.64. The van der Waals surface area contributed by atoms with Crippen LogP contribution in [0.3, 0.4) is 0 Å². The van der Waals surface area contributed by atoms with Crippen molar-refractivity contribution in [3.05, 3.63) is 66.0 Å². The number of carbonyl (C=O) groups is 3. The first-order valence-corrected chi connectivity index (χ1v) is 10.1. The second-order valence-corrected chi connectivity index (χ2v) is 6.70. The lowest BCUT2D eigenvalue weighted by Crippen LogP contribution is -2.25. The van der Waals surface area contributed by atoms with E-state index in [1.54, 1.807) is 55.6 Å². The average molecular weight is 452 g/mol. The number of amides is 2. The van der Waals surface area contributed by atoms with Gasteiger partial charge in [0.15, 0.2) is 23.8 Å². The van der Waals surface area contributed by atoms with Crippen LogP contribution in [-0.2, 0) is 9.53 Å². The molecular weight excluding hydrogens is 428 g/mol. The summed E-state index contributed by atoms with van der Waals surface area (Å²) in [6.45, 7) is 1.82. The molecule has 33 heavy (non-hydrogen) atoms. The number of hydrogen-bond acceptors (Lipinski definition) is 7. The Bertz CT molecular complexity index is 1160. The van der Waals surface area contributed by atoms with Crippen molar-refractivity contribution in [2.24, 2.45) is 0 Å². The van der Waals surface area contributed by atoms with Crippen LogP contribution in [0.1, 0.15) is 27.8 Å². The van der Waals surface area contributed by atoms with Crippen LogP contribution in [0.25, 0.3) is 5.69 Å². The molecule has 0 unspecified atom stereocenters. The number of aromatic nitrogens is 2. The molecule has 0 aliphatic heterocycles. The molecule has 0 fully saturated rings. The molecule has 0 bridgehead atoms. The highest BCUT2D eigenvalue weighted by Crippen LogP contribution is 2.28. The molecule has 2 amide bonds. The standard InChI is InChI=1S/C23H24N4O6/c1-4-32-23(30)18-10-11-27(26-18)17-7-5-6-16(13-17)25-22(29)15-8-9-19(20(12-15)31-3)33-14-21(28)24-2/h5-13H,4,14H2,1-3H3,(H,24,28)(H,25,29). The predicted molar refractivity (Wildman–Crippen MR) is 120 cm³/mol. The van der Waals surface area contributed by atoms with Gasteiger partial charge in [-0.2, -0.15) is 5.10 Å². The fourth-order valence-electron chi connectivity index (χ4n) is 2.85. The SMILES string of the molecule is CCOC(=O)c1ccn(-c2cccc(NC(=O)c3ccc(OCC(=O)NC)c(OC)c3)c2)n1. The molecule has 0 spiro atoms. The topological polar surface area (TPSA) is 121 Å². The number of carbonyl (C=O) groups excluding carboxylic acids is 3. The van der Waals surface area contributed by atoms with Crippen LogP contribution in [0.15, 0.2) is 54.7 Å². The molecule has 2 N–H and O–H groups in total. The first kappa shape index (κ1) is 23.3. The summed E-state index contributed by atoms with van der Waals surface area (Å²) >= 11 is 0. The van der Waals surface area contributed by atoms with Gasteiger partial charge in [-0.3, -0.25) is 9.59 Å². The van der Waals surface area contributed by atoms with Gasteiger partial charge in [0.1, 0.15) is 0 Å². The summed E-state index contributed by atoms with van der Waals surface area (Å²) in [6.07, 6.45) is 1.63. The molecule has 3 rings (SSSR count). The molecule has 10 nitrogen and oxygen atoms in total. The molecular formula is C23H24N4O6. The predicted octanol–water partition coefficient (Wildman–Crippen LogP) is 2.43. The molecule has 0 aliphatic rings. The number of hydrogen-bond donors (Lipinski definition) is 2. The Labute approximate surface area is 190 Å². The first-order chi connectivity index (χ1) is 15.9. The number of nitrogens with one attached hydrogen (secondary N) is 2. The van der Waals surface area contributed by atoms with Crippen molar-refractivity contribution in [2.75, 3.05) is 32.7 Å². The number of ether oxygens (including phenoxy) is 3. The van der Waals surface area contributed by atoms with E-state index in [2.05, 4.69) is 15.7 Å². The second kappa shape index (κ2) is 10.8. The maximum Gasteiger partial charge on any atom is 0.358 e. The van der Waals surface area contributed by atoms with Crippen LogP contribution in [0, 0.1) is 0 Å². The zero-order chi connectivity index (χ0) is 23.8. The Morgan fingerprint density at radius 1 is 1.06 bits per heavy atom. The van der Waals surface area contributed by atoms with Gasteiger partial charge in [-0.15, -0.1) is 0 Å². The van der Waals surface area contributed by atoms with Gasteiger partial charge in [0.05, 0.1) is 19.4 Å². The molecule has 1 aromatic heterocycles. The molecule has 172 valence electrons. The molecule has 3 aromatic rings. The second-order valence-electron chi connectivity index (χ2n) is 6.70. The third-order valence-electron chi connectivity index (χ3n) is 4.51. The summed E-state index contributed by atoms with van der Waals surface area (Å²) in [5, 5.41) is 9.49. The van der Waals surface area contributed by atoms with E-state index in [-0.39, 0.29) is 30.7 Å². The molecule has 0 aliphatic carbocycles. The number of anilines is 1. The lowest BCUT2D eigenvalue weighted by atomic mass is 10.1. The first-order valence-electron chi connectivity index (χ1n) is 10.1. The molecule has 0 atom stereocenters. The Morgan fingerprint density at radius 2 is 1.88 bits per heavy atom. The zero-order valence-electron chi connectivity index (χ0n) is 18.5. The number of rotatable bonds is 9. The normalized spacial score (nSPS) is 10.3. The minimum Gasteiger partial charge on any atom is -0.493 e. The number of benzene rings is 2. The minimum absolute atomic E-state index is 0.170. The van der Waals surface area contributed by atoms with Gasteiger partial charge < -0.3 is 24.8 Å². The van der Waals surface area contributed by atoms with Gasteiger partial charge in [-0.1, -0.05) is 6.07 Å².